The first kappa shape index (κ1) is 32.2. The largest absolute Gasteiger partial charge is 0.0678 e. The molecule has 0 aliphatic carbocycles. The Balaban J connectivity index is 3.15. The van der Waals surface area contributed by atoms with Crippen LogP contribution >= 0.6 is 0 Å². The van der Waals surface area contributed by atoms with E-state index in [-0.39, 0.29) is 0 Å². The van der Waals surface area contributed by atoms with Crippen molar-refractivity contribution in [3.05, 3.63) is 6.04 Å². The molecule has 0 nitrogen and oxygen atoms in total. The summed E-state index contributed by atoms with van der Waals surface area (Å²) >= 11 is 0. The molecule has 0 N–H and O–H groups in total. The zero-order valence-corrected chi connectivity index (χ0v) is 24.5. The van der Waals surface area contributed by atoms with Crippen LogP contribution in [0.4, 0.5) is 0 Å². The topological polar surface area (TPSA) is 0 Å². The van der Waals surface area contributed by atoms with Crippen LogP contribution in [0.15, 0.2) is 0 Å². The average Bonchev–Trinajstić information content (AvgIpc) is 2.82. The van der Waals surface area contributed by atoms with Crippen LogP contribution in [0.3, 0.4) is 0 Å². The van der Waals surface area contributed by atoms with Gasteiger partial charge in [-0.1, -0.05) is 194 Å². The summed E-state index contributed by atoms with van der Waals surface area (Å²) in [6.07, 6.45) is 33.9. The lowest BCUT2D eigenvalue weighted by atomic mass is 10.0. The van der Waals surface area contributed by atoms with Crippen molar-refractivity contribution in [3.63, 3.8) is 0 Å². The lowest BCUT2D eigenvalue weighted by Gasteiger charge is -2.27. The van der Waals surface area contributed by atoms with Gasteiger partial charge in [0.2, 0.25) is 0 Å². The molecule has 193 valence electrons. The molecular weight excluding hydrogens is 400 g/mol. The van der Waals surface area contributed by atoms with Crippen molar-refractivity contribution in [3.8, 4) is 0 Å². The van der Waals surface area contributed by atoms with Crippen LogP contribution in [-0.2, 0) is 0 Å². The number of unbranched alkanes of at least 4 members (excludes halogenated alkanes) is 22. The maximum Gasteiger partial charge on any atom is 0.0558 e. The maximum atomic E-state index is 2.80. The van der Waals surface area contributed by atoms with Crippen LogP contribution in [0, 0.1) is 6.04 Å². The fourth-order valence-corrected chi connectivity index (χ4v) is 8.53. The van der Waals surface area contributed by atoms with Gasteiger partial charge < -0.3 is 0 Å². The molecule has 1 heteroatoms. The molecule has 32 heavy (non-hydrogen) atoms. The Hall–Kier alpha value is 0.217. The molecule has 0 aromatic rings. The summed E-state index contributed by atoms with van der Waals surface area (Å²) < 4.78 is 0. The lowest BCUT2D eigenvalue weighted by Crippen LogP contribution is -2.32. The third-order valence-electron chi connectivity index (χ3n) is 8.25. The molecule has 0 rings (SSSR count). The summed E-state index contributed by atoms with van der Waals surface area (Å²) in [4.78, 5) is 0. The van der Waals surface area contributed by atoms with Crippen molar-refractivity contribution in [1.82, 2.24) is 0 Å². The van der Waals surface area contributed by atoms with E-state index in [1.54, 1.807) is 0 Å². The van der Waals surface area contributed by atoms with Gasteiger partial charge in [0, 0.05) is 0 Å². The number of rotatable bonds is 27. The highest BCUT2D eigenvalue weighted by Gasteiger charge is 2.25. The molecule has 0 bridgehead atoms. The molecule has 0 fully saturated rings. The molecule has 0 unspecified atom stereocenters. The predicted molar refractivity (Wildman–Crippen MR) is 153 cm³/mol. The van der Waals surface area contributed by atoms with E-state index in [2.05, 4.69) is 33.7 Å². The van der Waals surface area contributed by atoms with E-state index in [1.807, 2.05) is 0 Å². The van der Waals surface area contributed by atoms with Crippen LogP contribution in [-0.4, -0.2) is 8.07 Å². The molecule has 0 amide bonds. The van der Waals surface area contributed by atoms with E-state index in [0.717, 1.165) is 0 Å². The SMILES string of the molecule is CCCCCCCCCCCCCCCCCCCCCCCC[CH][Si](CC)(CC)CC. The van der Waals surface area contributed by atoms with E-state index in [0.29, 0.717) is 0 Å². The molecule has 0 atom stereocenters. The van der Waals surface area contributed by atoms with Gasteiger partial charge in [0.05, 0.1) is 8.07 Å². The molecule has 1 radical (unpaired) electrons. The summed E-state index contributed by atoms with van der Waals surface area (Å²) in [7, 11) is -0.960. The maximum absolute atomic E-state index is 2.80. The van der Waals surface area contributed by atoms with E-state index >= 15 is 0 Å². The Morgan fingerprint density at radius 3 is 0.844 bits per heavy atom. The first-order valence-corrected chi connectivity index (χ1v) is 18.3. The van der Waals surface area contributed by atoms with Gasteiger partial charge in [-0.25, -0.2) is 0 Å². The highest BCUT2D eigenvalue weighted by atomic mass is 28.3. The highest BCUT2D eigenvalue weighted by molar-refractivity contribution is 6.82. The van der Waals surface area contributed by atoms with Crippen molar-refractivity contribution in [1.29, 1.82) is 0 Å². The molecule has 0 spiro atoms. The molecule has 0 aliphatic rings. The minimum absolute atomic E-state index is 0.960. The van der Waals surface area contributed by atoms with Crippen molar-refractivity contribution >= 4 is 8.07 Å². The quantitative estimate of drug-likeness (QED) is 0.0835. The van der Waals surface area contributed by atoms with Gasteiger partial charge in [-0.15, -0.1) is 0 Å². The Labute approximate surface area is 207 Å². The Kier molecular flexibility index (Phi) is 26.0. The molecule has 0 saturated heterocycles. The summed E-state index contributed by atoms with van der Waals surface area (Å²) in [6.45, 7) is 9.58. The van der Waals surface area contributed by atoms with E-state index < -0.39 is 8.07 Å². The monoisotopic (exact) mass is 465 g/mol. The lowest BCUT2D eigenvalue weighted by molar-refractivity contribution is 0.519. The van der Waals surface area contributed by atoms with E-state index in [1.165, 1.54) is 166 Å². The number of hydrogen-bond acceptors (Lipinski definition) is 0. The second-order valence-electron chi connectivity index (χ2n) is 10.8. The van der Waals surface area contributed by atoms with Gasteiger partial charge in [-0.05, 0) is 6.04 Å². The van der Waals surface area contributed by atoms with Crippen LogP contribution < -0.4 is 0 Å². The summed E-state index contributed by atoms with van der Waals surface area (Å²) in [6, 6.07) is 7.17. The fourth-order valence-electron chi connectivity index (χ4n) is 5.34. The summed E-state index contributed by atoms with van der Waals surface area (Å²) in [5.41, 5.74) is 0. The second-order valence-corrected chi connectivity index (χ2v) is 16.1. The Bertz CT molecular complexity index is 325. The molecule has 0 saturated carbocycles. The molecule has 0 heterocycles. The first-order chi connectivity index (χ1) is 15.7. The van der Waals surface area contributed by atoms with Gasteiger partial charge in [0.15, 0.2) is 0 Å². The van der Waals surface area contributed by atoms with Crippen molar-refractivity contribution in [2.24, 2.45) is 0 Å². The molecule has 0 aliphatic heterocycles. The highest BCUT2D eigenvalue weighted by Crippen LogP contribution is 2.26. The van der Waals surface area contributed by atoms with Crippen molar-refractivity contribution < 1.29 is 0 Å². The first-order valence-electron chi connectivity index (χ1n) is 15.6. The third kappa shape index (κ3) is 20.8. The van der Waals surface area contributed by atoms with Crippen LogP contribution in [0.5, 0.6) is 0 Å². The summed E-state index contributed by atoms with van der Waals surface area (Å²) in [5.74, 6) is 0. The van der Waals surface area contributed by atoms with Gasteiger partial charge in [-0.2, -0.15) is 0 Å². The Morgan fingerprint density at radius 1 is 0.344 bits per heavy atom. The smallest absolute Gasteiger partial charge is 0.0558 e. The van der Waals surface area contributed by atoms with Gasteiger partial charge in [0.25, 0.3) is 0 Å². The minimum Gasteiger partial charge on any atom is -0.0678 e. The van der Waals surface area contributed by atoms with Crippen molar-refractivity contribution in [2.45, 2.75) is 194 Å². The second kappa shape index (κ2) is 25.8. The standard InChI is InChI=1S/C31H65Si/c1-5-9-10-11-12-13-14-15-16-17-18-19-20-21-22-23-24-25-26-27-28-29-30-31-32(6-2,7-3)8-4/h31H,5-30H2,1-4H3. The number of hydrogen-bond donors (Lipinski definition) is 0. The third-order valence-corrected chi connectivity index (χ3v) is 13.6. The van der Waals surface area contributed by atoms with Crippen LogP contribution in [0.25, 0.3) is 0 Å². The van der Waals surface area contributed by atoms with Gasteiger partial charge in [0.1, 0.15) is 0 Å². The molecule has 0 aromatic heterocycles. The van der Waals surface area contributed by atoms with Crippen molar-refractivity contribution in [2.75, 3.05) is 0 Å². The van der Waals surface area contributed by atoms with E-state index in [9.17, 15) is 0 Å². The molecular formula is C31H65Si. The minimum atomic E-state index is -0.960. The van der Waals surface area contributed by atoms with Gasteiger partial charge >= 0.3 is 0 Å². The van der Waals surface area contributed by atoms with Gasteiger partial charge in [-0.3, -0.25) is 0 Å². The summed E-state index contributed by atoms with van der Waals surface area (Å²) in [5, 5.41) is 0. The fraction of sp³-hybridized carbons (Fsp3) is 0.968. The zero-order valence-electron chi connectivity index (χ0n) is 23.5. The predicted octanol–water partition coefficient (Wildman–Crippen LogP) is 12.2. The Morgan fingerprint density at radius 2 is 0.594 bits per heavy atom. The van der Waals surface area contributed by atoms with E-state index in [4.69, 9.17) is 0 Å². The average molecular weight is 466 g/mol. The zero-order chi connectivity index (χ0) is 23.6. The van der Waals surface area contributed by atoms with Crippen LogP contribution in [0.2, 0.25) is 18.1 Å². The normalized spacial score (nSPS) is 12.0. The van der Waals surface area contributed by atoms with Crippen LogP contribution in [0.1, 0.15) is 175 Å². The molecule has 0 aromatic carbocycles.